The number of hydrogen-bond acceptors (Lipinski definition) is 1. The van der Waals surface area contributed by atoms with Gasteiger partial charge in [0.25, 0.3) is 0 Å². The van der Waals surface area contributed by atoms with E-state index in [1.807, 2.05) is 0 Å². The maximum atomic E-state index is 4.08. The molecule has 1 heteroatoms. The third-order valence-corrected chi connectivity index (χ3v) is 3.11. The van der Waals surface area contributed by atoms with E-state index in [0.717, 1.165) is 19.5 Å². The Kier molecular flexibility index (Phi) is 2.36. The molecule has 1 aromatic rings. The zero-order chi connectivity index (χ0) is 9.15. The van der Waals surface area contributed by atoms with Crippen molar-refractivity contribution in [2.45, 2.75) is 18.3 Å². The first-order valence-electron chi connectivity index (χ1n) is 4.93. The Morgan fingerprint density at radius 2 is 2.08 bits per heavy atom. The molecule has 0 unspecified atom stereocenters. The van der Waals surface area contributed by atoms with Crippen molar-refractivity contribution in [2.24, 2.45) is 0 Å². The molecule has 1 aliphatic rings. The minimum absolute atomic E-state index is 0.307. The maximum absolute atomic E-state index is 4.08. The summed E-state index contributed by atoms with van der Waals surface area (Å²) >= 11 is 0. The highest BCUT2D eigenvalue weighted by molar-refractivity contribution is 5.27. The first-order valence-corrected chi connectivity index (χ1v) is 4.93. The van der Waals surface area contributed by atoms with Gasteiger partial charge in [-0.3, -0.25) is 0 Å². The van der Waals surface area contributed by atoms with Crippen LogP contribution in [0.2, 0.25) is 0 Å². The maximum Gasteiger partial charge on any atom is 0.00898 e. The number of rotatable bonds is 2. The highest BCUT2D eigenvalue weighted by Gasteiger charge is 2.33. The molecule has 1 nitrogen and oxygen atoms in total. The zero-order valence-corrected chi connectivity index (χ0v) is 7.92. The van der Waals surface area contributed by atoms with E-state index in [1.54, 1.807) is 0 Å². The van der Waals surface area contributed by atoms with Crippen LogP contribution in [0.4, 0.5) is 0 Å². The van der Waals surface area contributed by atoms with E-state index in [2.05, 4.69) is 42.6 Å². The second kappa shape index (κ2) is 3.51. The van der Waals surface area contributed by atoms with E-state index in [9.17, 15) is 0 Å². The van der Waals surface area contributed by atoms with Gasteiger partial charge in [-0.1, -0.05) is 37.3 Å². The van der Waals surface area contributed by atoms with E-state index >= 15 is 0 Å². The summed E-state index contributed by atoms with van der Waals surface area (Å²) in [6, 6.07) is 10.7. The standard InChI is InChI=1S/C12H16N/c1-2-12(8-9-13-10-12)11-6-4-3-5-7-11/h3-7,13H,1-2,8-10H2/t12-/m1/s1. The van der Waals surface area contributed by atoms with Crippen LogP contribution in [0.1, 0.15) is 18.4 Å². The summed E-state index contributed by atoms with van der Waals surface area (Å²) < 4.78 is 0. The van der Waals surface area contributed by atoms with E-state index in [1.165, 1.54) is 12.0 Å². The molecule has 1 atom stereocenters. The summed E-state index contributed by atoms with van der Waals surface area (Å²) in [6.07, 6.45) is 2.21. The molecular weight excluding hydrogens is 158 g/mol. The van der Waals surface area contributed by atoms with Gasteiger partial charge in [0.2, 0.25) is 0 Å². The van der Waals surface area contributed by atoms with Crippen LogP contribution in [0, 0.1) is 6.92 Å². The van der Waals surface area contributed by atoms with E-state index < -0.39 is 0 Å². The molecule has 1 radical (unpaired) electrons. The fourth-order valence-corrected chi connectivity index (χ4v) is 2.14. The monoisotopic (exact) mass is 174 g/mol. The molecule has 1 aromatic carbocycles. The Morgan fingerprint density at radius 1 is 1.31 bits per heavy atom. The lowest BCUT2D eigenvalue weighted by atomic mass is 9.77. The predicted molar refractivity (Wildman–Crippen MR) is 55.6 cm³/mol. The molecule has 0 saturated carbocycles. The molecule has 1 saturated heterocycles. The summed E-state index contributed by atoms with van der Waals surface area (Å²) in [5, 5.41) is 3.42. The molecule has 1 heterocycles. The fourth-order valence-electron chi connectivity index (χ4n) is 2.14. The third kappa shape index (κ3) is 1.49. The Hall–Kier alpha value is -0.820. The van der Waals surface area contributed by atoms with Crippen LogP contribution in [-0.4, -0.2) is 13.1 Å². The topological polar surface area (TPSA) is 12.0 Å². The normalized spacial score (nSPS) is 27.8. The molecule has 13 heavy (non-hydrogen) atoms. The van der Waals surface area contributed by atoms with E-state index in [0.29, 0.717) is 5.41 Å². The van der Waals surface area contributed by atoms with Crippen molar-refractivity contribution >= 4 is 0 Å². The second-order valence-electron chi connectivity index (χ2n) is 3.82. The molecular formula is C12H16N. The first-order chi connectivity index (χ1) is 6.37. The van der Waals surface area contributed by atoms with Gasteiger partial charge in [0, 0.05) is 12.0 Å². The Labute approximate surface area is 80.2 Å². The molecule has 1 fully saturated rings. The van der Waals surface area contributed by atoms with Crippen molar-refractivity contribution in [3.63, 3.8) is 0 Å². The van der Waals surface area contributed by atoms with Crippen molar-refractivity contribution < 1.29 is 0 Å². The van der Waals surface area contributed by atoms with Crippen LogP contribution in [0.15, 0.2) is 30.3 Å². The average Bonchev–Trinajstić information content (AvgIpc) is 2.69. The van der Waals surface area contributed by atoms with Crippen molar-refractivity contribution in [3.8, 4) is 0 Å². The van der Waals surface area contributed by atoms with Crippen molar-refractivity contribution in [2.75, 3.05) is 13.1 Å². The number of benzene rings is 1. The Bertz CT molecular complexity index is 260. The van der Waals surface area contributed by atoms with Gasteiger partial charge in [0.1, 0.15) is 0 Å². The smallest absolute Gasteiger partial charge is 0.00898 e. The first kappa shape index (κ1) is 8.76. The van der Waals surface area contributed by atoms with Crippen molar-refractivity contribution in [3.05, 3.63) is 42.8 Å². The SMILES string of the molecule is [CH2]C[C@@]1(c2ccccc2)CCNC1. The summed E-state index contributed by atoms with van der Waals surface area (Å²) in [5.41, 5.74) is 1.75. The summed E-state index contributed by atoms with van der Waals surface area (Å²) in [4.78, 5) is 0. The van der Waals surface area contributed by atoms with Gasteiger partial charge in [0.05, 0.1) is 0 Å². The summed E-state index contributed by atoms with van der Waals surface area (Å²) in [5.74, 6) is 0. The Morgan fingerprint density at radius 3 is 2.62 bits per heavy atom. The largest absolute Gasteiger partial charge is 0.316 e. The van der Waals surface area contributed by atoms with Gasteiger partial charge in [-0.25, -0.2) is 0 Å². The molecule has 1 aliphatic heterocycles. The minimum Gasteiger partial charge on any atom is -0.316 e. The fraction of sp³-hybridized carbons (Fsp3) is 0.417. The molecule has 0 amide bonds. The lowest BCUT2D eigenvalue weighted by Gasteiger charge is -2.27. The van der Waals surface area contributed by atoms with Gasteiger partial charge >= 0.3 is 0 Å². The number of nitrogens with one attached hydrogen (secondary N) is 1. The Balaban J connectivity index is 2.31. The molecule has 0 bridgehead atoms. The average molecular weight is 174 g/mol. The predicted octanol–water partition coefficient (Wildman–Crippen LogP) is 2.14. The second-order valence-corrected chi connectivity index (χ2v) is 3.82. The number of hydrogen-bond donors (Lipinski definition) is 1. The van der Waals surface area contributed by atoms with Crippen LogP contribution >= 0.6 is 0 Å². The van der Waals surface area contributed by atoms with Crippen molar-refractivity contribution in [1.82, 2.24) is 5.32 Å². The minimum atomic E-state index is 0.307. The highest BCUT2D eigenvalue weighted by atomic mass is 14.9. The van der Waals surface area contributed by atoms with Gasteiger partial charge in [-0.2, -0.15) is 0 Å². The molecule has 1 N–H and O–H groups in total. The van der Waals surface area contributed by atoms with E-state index in [4.69, 9.17) is 0 Å². The highest BCUT2D eigenvalue weighted by Crippen LogP contribution is 2.33. The van der Waals surface area contributed by atoms with Crippen LogP contribution in [-0.2, 0) is 5.41 Å². The zero-order valence-electron chi connectivity index (χ0n) is 7.92. The molecule has 0 spiro atoms. The summed E-state index contributed by atoms with van der Waals surface area (Å²) in [7, 11) is 0. The van der Waals surface area contributed by atoms with Crippen LogP contribution in [0.5, 0.6) is 0 Å². The van der Waals surface area contributed by atoms with Gasteiger partial charge < -0.3 is 5.32 Å². The van der Waals surface area contributed by atoms with Crippen LogP contribution in [0.25, 0.3) is 0 Å². The van der Waals surface area contributed by atoms with Gasteiger partial charge in [-0.15, -0.1) is 0 Å². The quantitative estimate of drug-likeness (QED) is 0.724. The van der Waals surface area contributed by atoms with Gasteiger partial charge in [-0.05, 0) is 24.9 Å². The van der Waals surface area contributed by atoms with Gasteiger partial charge in [0.15, 0.2) is 0 Å². The third-order valence-electron chi connectivity index (χ3n) is 3.11. The molecule has 0 aromatic heterocycles. The van der Waals surface area contributed by atoms with Crippen LogP contribution in [0.3, 0.4) is 0 Å². The van der Waals surface area contributed by atoms with Crippen LogP contribution < -0.4 is 5.32 Å². The van der Waals surface area contributed by atoms with E-state index in [-0.39, 0.29) is 0 Å². The lowest BCUT2D eigenvalue weighted by Crippen LogP contribution is -2.27. The summed E-state index contributed by atoms with van der Waals surface area (Å²) in [6.45, 7) is 6.29. The lowest BCUT2D eigenvalue weighted by molar-refractivity contribution is 0.475. The van der Waals surface area contributed by atoms with Crippen molar-refractivity contribution in [1.29, 1.82) is 0 Å². The molecule has 69 valence electrons. The molecule has 2 rings (SSSR count). The molecule has 0 aliphatic carbocycles.